The van der Waals surface area contributed by atoms with Gasteiger partial charge in [-0.25, -0.2) is 4.98 Å². The van der Waals surface area contributed by atoms with Crippen molar-refractivity contribution in [2.45, 2.75) is 33.2 Å². The van der Waals surface area contributed by atoms with Gasteiger partial charge in [0, 0.05) is 0 Å². The average Bonchev–Trinajstić information content (AvgIpc) is 2.89. The summed E-state index contributed by atoms with van der Waals surface area (Å²) < 4.78 is 0. The second-order valence-corrected chi connectivity index (χ2v) is 3.42. The number of aryl methyl sites for hydroxylation is 2. The Labute approximate surface area is 98.3 Å². The van der Waals surface area contributed by atoms with Crippen molar-refractivity contribution < 1.29 is 0 Å². The molecule has 0 unspecified atom stereocenters. The van der Waals surface area contributed by atoms with E-state index in [4.69, 9.17) is 0 Å². The van der Waals surface area contributed by atoms with Gasteiger partial charge in [-0.05, 0) is 12.8 Å². The van der Waals surface area contributed by atoms with E-state index in [0.29, 0.717) is 18.3 Å². The number of nitrogens with zero attached hydrogens (tertiary/aromatic N) is 6. The summed E-state index contributed by atoms with van der Waals surface area (Å²) in [5, 5.41) is 24.6. The predicted octanol–water partition coefficient (Wildman–Crippen LogP) is 0.122. The highest BCUT2D eigenvalue weighted by Crippen LogP contribution is 2.06. The highest BCUT2D eigenvalue weighted by molar-refractivity contribution is 5.25. The lowest BCUT2D eigenvalue weighted by Gasteiger charge is -2.05. The number of rotatable bonds is 5. The number of H-pyrrole nitrogens is 1. The monoisotopic (exact) mass is 234 g/mol. The van der Waals surface area contributed by atoms with Crippen molar-refractivity contribution in [3.05, 3.63) is 17.2 Å². The molecule has 0 saturated heterocycles. The molecular weight excluding hydrogens is 220 g/mol. The molecule has 0 amide bonds. The number of aromatic nitrogens is 7. The Morgan fingerprint density at radius 1 is 1.06 bits per heavy atom. The van der Waals surface area contributed by atoms with Gasteiger partial charge in [0.1, 0.15) is 0 Å². The fraction of sp³-hybridized carbons (Fsp3) is 0.556. The summed E-state index contributed by atoms with van der Waals surface area (Å²) in [5.74, 6) is 1.05. The van der Waals surface area contributed by atoms with E-state index in [1.807, 2.05) is 13.8 Å². The molecule has 8 nitrogen and oxygen atoms in total. The van der Waals surface area contributed by atoms with Gasteiger partial charge in [-0.3, -0.25) is 0 Å². The molecule has 2 aromatic rings. The third-order valence-corrected chi connectivity index (χ3v) is 2.30. The van der Waals surface area contributed by atoms with E-state index in [-0.39, 0.29) is 0 Å². The predicted molar refractivity (Wildman–Crippen MR) is 60.1 cm³/mol. The van der Waals surface area contributed by atoms with Crippen LogP contribution in [0.3, 0.4) is 0 Å². The third-order valence-electron chi connectivity index (χ3n) is 2.30. The summed E-state index contributed by atoms with van der Waals surface area (Å²) in [5.41, 5.74) is 1.91. The summed E-state index contributed by atoms with van der Waals surface area (Å²) in [6, 6.07) is 0. The maximum atomic E-state index is 4.39. The molecule has 8 heteroatoms. The third kappa shape index (κ3) is 2.71. The summed E-state index contributed by atoms with van der Waals surface area (Å²) in [7, 11) is 0. The summed E-state index contributed by atoms with van der Waals surface area (Å²) in [4.78, 5) is 4.39. The molecular formula is C9H14N8. The highest BCUT2D eigenvalue weighted by atomic mass is 15.5. The number of hydrogen-bond donors (Lipinski definition) is 2. The first-order valence-corrected chi connectivity index (χ1v) is 5.52. The second-order valence-electron chi connectivity index (χ2n) is 3.42. The molecule has 0 bridgehead atoms. The van der Waals surface area contributed by atoms with Crippen LogP contribution in [0.25, 0.3) is 0 Å². The van der Waals surface area contributed by atoms with Gasteiger partial charge >= 0.3 is 0 Å². The van der Waals surface area contributed by atoms with E-state index in [1.54, 1.807) is 0 Å². The fourth-order valence-electron chi connectivity index (χ4n) is 1.43. The van der Waals surface area contributed by atoms with Gasteiger partial charge < -0.3 is 5.32 Å². The first kappa shape index (κ1) is 11.4. The molecule has 17 heavy (non-hydrogen) atoms. The van der Waals surface area contributed by atoms with E-state index in [2.05, 4.69) is 41.1 Å². The molecule has 0 aliphatic carbocycles. The Balaban J connectivity index is 2.06. The number of hydrogen-bond acceptors (Lipinski definition) is 7. The molecule has 0 aliphatic heterocycles. The Morgan fingerprint density at radius 3 is 2.53 bits per heavy atom. The van der Waals surface area contributed by atoms with Crippen LogP contribution in [-0.4, -0.2) is 35.8 Å². The van der Waals surface area contributed by atoms with Crippen LogP contribution in [0.15, 0.2) is 0 Å². The molecule has 0 radical (unpaired) electrons. The van der Waals surface area contributed by atoms with Gasteiger partial charge in [0.25, 0.3) is 0 Å². The van der Waals surface area contributed by atoms with Crippen LogP contribution in [0.5, 0.6) is 0 Å². The SMILES string of the molecule is CCc1nnc(NCc2nn[nH]n2)nc1CC. The summed E-state index contributed by atoms with van der Waals surface area (Å²) in [6.07, 6.45) is 1.68. The van der Waals surface area contributed by atoms with E-state index < -0.39 is 0 Å². The maximum absolute atomic E-state index is 4.39. The number of nitrogens with one attached hydrogen (secondary N) is 2. The van der Waals surface area contributed by atoms with Crippen molar-refractivity contribution in [3.63, 3.8) is 0 Å². The van der Waals surface area contributed by atoms with Gasteiger partial charge in [-0.2, -0.15) is 10.3 Å². The Morgan fingerprint density at radius 2 is 1.88 bits per heavy atom. The van der Waals surface area contributed by atoms with Crippen LogP contribution in [-0.2, 0) is 19.4 Å². The largest absolute Gasteiger partial charge is 0.345 e. The topological polar surface area (TPSA) is 105 Å². The fourth-order valence-corrected chi connectivity index (χ4v) is 1.43. The van der Waals surface area contributed by atoms with Gasteiger partial charge in [0.15, 0.2) is 5.82 Å². The quantitative estimate of drug-likeness (QED) is 0.757. The van der Waals surface area contributed by atoms with Crippen LogP contribution in [0.4, 0.5) is 5.95 Å². The molecule has 2 aromatic heterocycles. The first-order valence-electron chi connectivity index (χ1n) is 5.52. The minimum atomic E-state index is 0.423. The minimum absolute atomic E-state index is 0.423. The number of tetrazole rings is 1. The molecule has 0 aliphatic rings. The van der Waals surface area contributed by atoms with Gasteiger partial charge in [-0.1, -0.05) is 19.1 Å². The van der Waals surface area contributed by atoms with Gasteiger partial charge in [0.2, 0.25) is 5.95 Å². The lowest BCUT2D eigenvalue weighted by atomic mass is 10.2. The van der Waals surface area contributed by atoms with Crippen LogP contribution >= 0.6 is 0 Å². The lowest BCUT2D eigenvalue weighted by molar-refractivity contribution is 0.813. The molecule has 2 N–H and O–H groups in total. The Bertz CT molecular complexity index is 466. The normalized spacial score (nSPS) is 10.5. The summed E-state index contributed by atoms with van der Waals surface area (Å²) >= 11 is 0. The molecule has 0 aromatic carbocycles. The van der Waals surface area contributed by atoms with E-state index in [0.717, 1.165) is 24.2 Å². The van der Waals surface area contributed by atoms with Crippen molar-refractivity contribution in [1.82, 2.24) is 35.8 Å². The zero-order chi connectivity index (χ0) is 12.1. The molecule has 2 heterocycles. The standard InChI is InChI=1S/C9H14N8/c1-3-6-7(4-2)12-15-9(11-6)10-5-8-13-16-17-14-8/h3-5H2,1-2H3,(H,10,11,15)(H,13,14,16,17). The Hall–Kier alpha value is -2.12. The highest BCUT2D eigenvalue weighted by Gasteiger charge is 2.06. The van der Waals surface area contributed by atoms with Crippen LogP contribution in [0, 0.1) is 0 Å². The zero-order valence-electron chi connectivity index (χ0n) is 9.80. The Kier molecular flexibility index (Phi) is 3.53. The molecule has 90 valence electrons. The van der Waals surface area contributed by atoms with E-state index >= 15 is 0 Å². The van der Waals surface area contributed by atoms with Crippen LogP contribution in [0.2, 0.25) is 0 Å². The van der Waals surface area contributed by atoms with Crippen molar-refractivity contribution >= 4 is 5.95 Å². The van der Waals surface area contributed by atoms with Gasteiger partial charge in [-0.15, -0.1) is 15.3 Å². The van der Waals surface area contributed by atoms with Crippen molar-refractivity contribution in [3.8, 4) is 0 Å². The zero-order valence-corrected chi connectivity index (χ0v) is 9.80. The molecule has 0 saturated carbocycles. The van der Waals surface area contributed by atoms with Crippen LogP contribution < -0.4 is 5.32 Å². The van der Waals surface area contributed by atoms with Crippen molar-refractivity contribution in [2.24, 2.45) is 0 Å². The van der Waals surface area contributed by atoms with Crippen LogP contribution in [0.1, 0.15) is 31.1 Å². The van der Waals surface area contributed by atoms with E-state index in [9.17, 15) is 0 Å². The summed E-state index contributed by atoms with van der Waals surface area (Å²) in [6.45, 7) is 4.51. The molecule has 0 fully saturated rings. The first-order chi connectivity index (χ1) is 8.33. The smallest absolute Gasteiger partial charge is 0.243 e. The average molecular weight is 234 g/mol. The minimum Gasteiger partial charge on any atom is -0.345 e. The number of anilines is 1. The second kappa shape index (κ2) is 5.28. The number of aromatic amines is 1. The van der Waals surface area contributed by atoms with Crippen molar-refractivity contribution in [1.29, 1.82) is 0 Å². The lowest BCUT2D eigenvalue weighted by Crippen LogP contribution is -2.10. The van der Waals surface area contributed by atoms with Crippen molar-refractivity contribution in [2.75, 3.05) is 5.32 Å². The molecule has 0 atom stereocenters. The van der Waals surface area contributed by atoms with Gasteiger partial charge in [0.05, 0.1) is 17.9 Å². The molecule has 0 spiro atoms. The molecule has 2 rings (SSSR count). The van der Waals surface area contributed by atoms with E-state index in [1.165, 1.54) is 0 Å². The maximum Gasteiger partial charge on any atom is 0.243 e.